The minimum absolute atomic E-state index is 0.0314. The van der Waals surface area contributed by atoms with Crippen molar-refractivity contribution in [1.82, 2.24) is 24.7 Å². The van der Waals surface area contributed by atoms with Crippen LogP contribution in [0.4, 0.5) is 0 Å². The molecule has 0 N–H and O–H groups in total. The molecule has 0 spiro atoms. The van der Waals surface area contributed by atoms with Gasteiger partial charge in [-0.3, -0.25) is 4.79 Å². The summed E-state index contributed by atoms with van der Waals surface area (Å²) in [5, 5.41) is 6.47. The molecule has 4 rings (SSSR count). The van der Waals surface area contributed by atoms with Gasteiger partial charge in [0.05, 0.1) is 23.2 Å². The van der Waals surface area contributed by atoms with Gasteiger partial charge in [0, 0.05) is 22.6 Å². The second kappa shape index (κ2) is 8.19. The first-order valence-corrected chi connectivity index (χ1v) is 10.3. The van der Waals surface area contributed by atoms with Crippen LogP contribution < -0.4 is 0 Å². The predicted molar refractivity (Wildman–Crippen MR) is 111 cm³/mol. The number of carbonyl (C=O) groups is 1. The highest BCUT2D eigenvalue weighted by atomic mass is 32.1. The minimum Gasteiger partial charge on any atom is -0.457 e. The molecule has 0 saturated carbocycles. The van der Waals surface area contributed by atoms with Crippen molar-refractivity contribution < 1.29 is 13.9 Å². The summed E-state index contributed by atoms with van der Waals surface area (Å²) in [7, 11) is 0. The van der Waals surface area contributed by atoms with Crippen LogP contribution in [0.25, 0.3) is 16.7 Å². The molecule has 4 heterocycles. The maximum atomic E-state index is 12.4. The van der Waals surface area contributed by atoms with Crippen LogP contribution in [0, 0.1) is 27.7 Å². The van der Waals surface area contributed by atoms with Crippen molar-refractivity contribution in [3.8, 4) is 16.7 Å². The van der Waals surface area contributed by atoms with E-state index >= 15 is 0 Å². The second-order valence-corrected chi connectivity index (χ2v) is 7.91. The lowest BCUT2D eigenvalue weighted by Crippen LogP contribution is -2.10. The van der Waals surface area contributed by atoms with E-state index in [2.05, 4.69) is 20.1 Å². The number of rotatable bonds is 6. The zero-order valence-electron chi connectivity index (χ0n) is 17.2. The molecule has 0 unspecified atom stereocenters. The van der Waals surface area contributed by atoms with Gasteiger partial charge in [-0.1, -0.05) is 6.07 Å². The van der Waals surface area contributed by atoms with Crippen LogP contribution in [-0.4, -0.2) is 30.7 Å². The molecular formula is C21H21N5O3S. The van der Waals surface area contributed by atoms with Gasteiger partial charge in [-0.2, -0.15) is 5.10 Å². The quantitative estimate of drug-likeness (QED) is 0.434. The fraction of sp³-hybridized carbons (Fsp3) is 0.286. The number of carbonyl (C=O) groups excluding carboxylic acids is 1. The Hall–Kier alpha value is -3.33. The first-order chi connectivity index (χ1) is 14.4. The first kappa shape index (κ1) is 20.0. The molecule has 0 atom stereocenters. The molecule has 0 fully saturated rings. The third-order valence-corrected chi connectivity index (χ3v) is 5.44. The fourth-order valence-corrected chi connectivity index (χ4v) is 3.82. The molecule has 0 aromatic carbocycles. The lowest BCUT2D eigenvalue weighted by molar-refractivity contribution is -0.144. The fourth-order valence-electron chi connectivity index (χ4n) is 3.16. The van der Waals surface area contributed by atoms with Gasteiger partial charge >= 0.3 is 5.97 Å². The van der Waals surface area contributed by atoms with Gasteiger partial charge in [-0.25, -0.2) is 19.6 Å². The van der Waals surface area contributed by atoms with Crippen molar-refractivity contribution in [2.75, 3.05) is 0 Å². The van der Waals surface area contributed by atoms with Gasteiger partial charge in [0.2, 0.25) is 5.89 Å². The highest BCUT2D eigenvalue weighted by Gasteiger charge is 2.19. The van der Waals surface area contributed by atoms with Gasteiger partial charge in [-0.15, -0.1) is 11.3 Å². The molecule has 30 heavy (non-hydrogen) atoms. The van der Waals surface area contributed by atoms with E-state index in [1.165, 1.54) is 11.3 Å². The van der Waals surface area contributed by atoms with Gasteiger partial charge in [0.15, 0.2) is 12.4 Å². The molecule has 0 saturated heterocycles. The van der Waals surface area contributed by atoms with Crippen LogP contribution in [0.2, 0.25) is 0 Å². The standard InChI is InChI=1S/C21H21N5O3S/c1-12-8-13(2)24-21(23-12)26-15(4)17(14(3)25-26)9-19(27)28-11-16-10-22-20(29-16)18-6-5-7-30-18/h5-8,10H,9,11H2,1-4H3. The summed E-state index contributed by atoms with van der Waals surface area (Å²) in [6.07, 6.45) is 1.68. The van der Waals surface area contributed by atoms with E-state index in [-0.39, 0.29) is 19.0 Å². The molecular weight excluding hydrogens is 402 g/mol. The summed E-state index contributed by atoms with van der Waals surface area (Å²) in [5.74, 6) is 1.16. The average Bonchev–Trinajstić information content (AvgIpc) is 3.42. The Bertz CT molecular complexity index is 1170. The number of esters is 1. The Kier molecular flexibility index (Phi) is 5.45. The van der Waals surface area contributed by atoms with Crippen molar-refractivity contribution >= 4 is 17.3 Å². The lowest BCUT2D eigenvalue weighted by atomic mass is 10.1. The second-order valence-electron chi connectivity index (χ2n) is 6.96. The average molecular weight is 423 g/mol. The molecule has 0 amide bonds. The van der Waals surface area contributed by atoms with Crippen molar-refractivity contribution in [2.45, 2.75) is 40.7 Å². The van der Waals surface area contributed by atoms with Gasteiger partial charge in [-0.05, 0) is 45.2 Å². The van der Waals surface area contributed by atoms with Crippen molar-refractivity contribution in [3.63, 3.8) is 0 Å². The summed E-state index contributed by atoms with van der Waals surface area (Å²) < 4.78 is 12.7. The number of nitrogens with zero attached hydrogens (tertiary/aromatic N) is 5. The summed E-state index contributed by atoms with van der Waals surface area (Å²) in [4.78, 5) is 26.5. The van der Waals surface area contributed by atoms with E-state index < -0.39 is 0 Å². The number of ether oxygens (including phenoxy) is 1. The molecule has 4 aromatic heterocycles. The SMILES string of the molecule is Cc1cc(C)nc(-n2nc(C)c(CC(=O)OCc3cnc(-c4cccs4)o3)c2C)n1. The summed E-state index contributed by atoms with van der Waals surface area (Å²) in [5.41, 5.74) is 4.08. The van der Waals surface area contributed by atoms with Gasteiger partial charge < -0.3 is 9.15 Å². The maximum Gasteiger partial charge on any atom is 0.310 e. The van der Waals surface area contributed by atoms with Crippen molar-refractivity contribution in [1.29, 1.82) is 0 Å². The van der Waals surface area contributed by atoms with Crippen LogP contribution in [0.3, 0.4) is 0 Å². The van der Waals surface area contributed by atoms with E-state index in [0.717, 1.165) is 33.2 Å². The van der Waals surface area contributed by atoms with Crippen LogP contribution in [0.1, 0.15) is 34.1 Å². The third kappa shape index (κ3) is 4.16. The number of aromatic nitrogens is 5. The molecule has 0 aliphatic rings. The van der Waals surface area contributed by atoms with Crippen LogP contribution in [-0.2, 0) is 22.6 Å². The first-order valence-electron chi connectivity index (χ1n) is 9.42. The van der Waals surface area contributed by atoms with Crippen molar-refractivity contribution in [2.24, 2.45) is 0 Å². The molecule has 0 bridgehead atoms. The summed E-state index contributed by atoms with van der Waals surface area (Å²) >= 11 is 1.54. The van der Waals surface area contributed by atoms with Crippen LogP contribution >= 0.6 is 11.3 Å². The highest BCUT2D eigenvalue weighted by molar-refractivity contribution is 7.13. The normalized spacial score (nSPS) is 11.1. The summed E-state index contributed by atoms with van der Waals surface area (Å²) in [6, 6.07) is 5.76. The minimum atomic E-state index is -0.365. The Morgan fingerprint density at radius 2 is 1.97 bits per heavy atom. The van der Waals surface area contributed by atoms with Gasteiger partial charge in [0.1, 0.15) is 0 Å². The molecule has 8 nitrogen and oxygen atoms in total. The Balaban J connectivity index is 1.44. The Labute approximate surface area is 177 Å². The van der Waals surface area contributed by atoms with Crippen molar-refractivity contribution in [3.05, 3.63) is 63.9 Å². The van der Waals surface area contributed by atoms with E-state index in [1.807, 2.05) is 51.3 Å². The van der Waals surface area contributed by atoms with E-state index in [0.29, 0.717) is 17.6 Å². The summed E-state index contributed by atoms with van der Waals surface area (Å²) in [6.45, 7) is 7.61. The number of oxazole rings is 1. The number of hydrogen-bond acceptors (Lipinski definition) is 8. The molecule has 4 aromatic rings. The van der Waals surface area contributed by atoms with E-state index in [9.17, 15) is 4.79 Å². The number of thiophene rings is 1. The predicted octanol–water partition coefficient (Wildman–Crippen LogP) is 3.90. The molecule has 9 heteroatoms. The van der Waals surface area contributed by atoms with E-state index in [1.54, 1.807) is 10.9 Å². The highest BCUT2D eigenvalue weighted by Crippen LogP contribution is 2.24. The molecule has 0 aliphatic carbocycles. The monoisotopic (exact) mass is 423 g/mol. The topological polar surface area (TPSA) is 95.9 Å². The largest absolute Gasteiger partial charge is 0.457 e. The smallest absolute Gasteiger partial charge is 0.310 e. The molecule has 154 valence electrons. The van der Waals surface area contributed by atoms with E-state index in [4.69, 9.17) is 9.15 Å². The zero-order valence-corrected chi connectivity index (χ0v) is 18.0. The zero-order chi connectivity index (χ0) is 21.3. The molecule has 0 aliphatic heterocycles. The Morgan fingerprint density at radius 3 is 2.67 bits per heavy atom. The third-order valence-electron chi connectivity index (χ3n) is 4.58. The van der Waals surface area contributed by atoms with Crippen LogP contribution in [0.15, 0.2) is 34.2 Å². The molecule has 0 radical (unpaired) electrons. The maximum absolute atomic E-state index is 12.4. The van der Waals surface area contributed by atoms with Crippen LogP contribution in [0.5, 0.6) is 0 Å². The number of hydrogen-bond donors (Lipinski definition) is 0. The number of aryl methyl sites for hydroxylation is 3. The van der Waals surface area contributed by atoms with Gasteiger partial charge in [0.25, 0.3) is 5.95 Å². The Morgan fingerprint density at radius 1 is 1.20 bits per heavy atom. The lowest BCUT2D eigenvalue weighted by Gasteiger charge is -2.06.